The van der Waals surface area contributed by atoms with Crippen molar-refractivity contribution in [3.63, 3.8) is 0 Å². The van der Waals surface area contributed by atoms with Crippen LogP contribution >= 0.6 is 0 Å². The molecule has 0 aromatic heterocycles. The van der Waals surface area contributed by atoms with E-state index < -0.39 is 18.0 Å². The molecule has 0 saturated heterocycles. The molecule has 0 aliphatic rings. The number of rotatable bonds is 5. The molecule has 12 heavy (non-hydrogen) atoms. The summed E-state index contributed by atoms with van der Waals surface area (Å²) in [5.74, 6) is -2.44. The van der Waals surface area contributed by atoms with Gasteiger partial charge in [-0.15, -0.1) is 0 Å². The Morgan fingerprint density at radius 2 is 2.00 bits per heavy atom. The SMILES string of the molecule is O=C=N[C@@H](CCC(=O)O)C(=O)O. The van der Waals surface area contributed by atoms with Gasteiger partial charge in [-0.1, -0.05) is 0 Å². The molecule has 0 spiro atoms. The van der Waals surface area contributed by atoms with Crippen molar-refractivity contribution in [3.8, 4) is 0 Å². The predicted octanol–water partition coefficient (Wildman–Crippen LogP) is -0.360. The Morgan fingerprint density at radius 3 is 2.33 bits per heavy atom. The van der Waals surface area contributed by atoms with Gasteiger partial charge in [0.05, 0.1) is 0 Å². The average Bonchev–Trinajstić information content (AvgIpc) is 1.96. The molecule has 0 heterocycles. The second-order valence-electron chi connectivity index (χ2n) is 2.01. The molecule has 0 unspecified atom stereocenters. The van der Waals surface area contributed by atoms with Gasteiger partial charge in [0.2, 0.25) is 6.08 Å². The van der Waals surface area contributed by atoms with Gasteiger partial charge in [-0.2, -0.15) is 4.99 Å². The Balaban J connectivity index is 4.05. The predicted molar refractivity (Wildman–Crippen MR) is 36.4 cm³/mol. The number of carbonyl (C=O) groups is 2. The molecule has 0 rings (SSSR count). The van der Waals surface area contributed by atoms with Crippen LogP contribution in [0.2, 0.25) is 0 Å². The van der Waals surface area contributed by atoms with Gasteiger partial charge in [-0.25, -0.2) is 9.59 Å². The number of carboxylic acids is 2. The molecule has 0 bridgehead atoms. The third-order valence-electron chi connectivity index (χ3n) is 1.13. The van der Waals surface area contributed by atoms with Crippen molar-refractivity contribution in [2.45, 2.75) is 18.9 Å². The van der Waals surface area contributed by atoms with E-state index in [2.05, 4.69) is 4.99 Å². The van der Waals surface area contributed by atoms with Gasteiger partial charge in [-0.3, -0.25) is 4.79 Å². The van der Waals surface area contributed by atoms with Crippen molar-refractivity contribution in [1.29, 1.82) is 0 Å². The number of aliphatic imine (C=N–C) groups is 1. The quantitative estimate of drug-likeness (QED) is 0.436. The summed E-state index contributed by atoms with van der Waals surface area (Å²) in [6.07, 6.45) is 0.548. The summed E-state index contributed by atoms with van der Waals surface area (Å²) in [5.41, 5.74) is 0. The van der Waals surface area contributed by atoms with Crippen LogP contribution in [0.3, 0.4) is 0 Å². The number of nitrogens with zero attached hydrogens (tertiary/aromatic N) is 1. The second-order valence-corrected chi connectivity index (χ2v) is 2.01. The molecule has 0 saturated carbocycles. The Kier molecular flexibility index (Phi) is 4.33. The molecule has 66 valence electrons. The van der Waals surface area contributed by atoms with Crippen LogP contribution in [0.1, 0.15) is 12.8 Å². The smallest absolute Gasteiger partial charge is 0.329 e. The average molecular weight is 173 g/mol. The first-order chi connectivity index (χ1) is 5.57. The molecule has 0 aliphatic carbocycles. The zero-order valence-corrected chi connectivity index (χ0v) is 6.06. The van der Waals surface area contributed by atoms with Crippen molar-refractivity contribution in [2.24, 2.45) is 4.99 Å². The van der Waals surface area contributed by atoms with Gasteiger partial charge in [0.1, 0.15) is 0 Å². The van der Waals surface area contributed by atoms with Crippen molar-refractivity contribution in [1.82, 2.24) is 0 Å². The third kappa shape index (κ3) is 4.19. The van der Waals surface area contributed by atoms with Gasteiger partial charge in [0.25, 0.3) is 0 Å². The molecule has 0 radical (unpaired) electrons. The fourth-order valence-corrected chi connectivity index (χ4v) is 0.567. The summed E-state index contributed by atoms with van der Waals surface area (Å²) in [6.45, 7) is 0. The minimum atomic E-state index is -1.32. The highest BCUT2D eigenvalue weighted by molar-refractivity contribution is 5.76. The summed E-state index contributed by atoms with van der Waals surface area (Å²) < 4.78 is 0. The number of aliphatic carboxylic acids is 2. The minimum absolute atomic E-state index is 0.195. The summed E-state index contributed by atoms with van der Waals surface area (Å²) in [6, 6.07) is -1.29. The lowest BCUT2D eigenvalue weighted by molar-refractivity contribution is -0.139. The van der Waals surface area contributed by atoms with Gasteiger partial charge in [-0.05, 0) is 6.42 Å². The molecule has 2 N–H and O–H groups in total. The van der Waals surface area contributed by atoms with Crippen LogP contribution in [0, 0.1) is 0 Å². The van der Waals surface area contributed by atoms with Gasteiger partial charge >= 0.3 is 11.9 Å². The zero-order valence-electron chi connectivity index (χ0n) is 6.06. The van der Waals surface area contributed by atoms with E-state index in [1.54, 1.807) is 0 Å². The lowest BCUT2D eigenvalue weighted by Crippen LogP contribution is -2.18. The molecule has 6 nitrogen and oxygen atoms in total. The second kappa shape index (κ2) is 5.03. The highest BCUT2D eigenvalue weighted by Gasteiger charge is 2.16. The van der Waals surface area contributed by atoms with E-state index in [0.29, 0.717) is 0 Å². The summed E-state index contributed by atoms with van der Waals surface area (Å²) >= 11 is 0. The molecule has 0 fully saturated rings. The van der Waals surface area contributed by atoms with E-state index in [1.807, 2.05) is 0 Å². The standard InChI is InChI=1S/C6H7NO5/c8-3-7-4(6(11)12)1-2-5(9)10/h4H,1-2H2,(H,9,10)(H,11,12)/t4-/m0/s1. The molecular formula is C6H7NO5. The van der Waals surface area contributed by atoms with Crippen LogP contribution in [0.15, 0.2) is 4.99 Å². The van der Waals surface area contributed by atoms with E-state index in [1.165, 1.54) is 0 Å². The molecular weight excluding hydrogens is 166 g/mol. The number of carboxylic acid groups (broad SMARTS) is 2. The van der Waals surface area contributed by atoms with Crippen molar-refractivity contribution in [2.75, 3.05) is 0 Å². The first kappa shape index (κ1) is 10.3. The highest BCUT2D eigenvalue weighted by atomic mass is 16.4. The van der Waals surface area contributed by atoms with Crippen molar-refractivity contribution >= 4 is 18.0 Å². The third-order valence-corrected chi connectivity index (χ3v) is 1.13. The normalized spacial score (nSPS) is 11.3. The Bertz CT molecular complexity index is 228. The molecule has 1 atom stereocenters. The van der Waals surface area contributed by atoms with Gasteiger partial charge in [0.15, 0.2) is 6.04 Å². The Labute approximate surface area is 67.5 Å². The maximum atomic E-state index is 10.2. The van der Waals surface area contributed by atoms with E-state index in [4.69, 9.17) is 10.2 Å². The monoisotopic (exact) mass is 173 g/mol. The Morgan fingerprint density at radius 1 is 1.42 bits per heavy atom. The number of hydrogen-bond donors (Lipinski definition) is 2. The molecule has 0 aliphatic heterocycles. The number of isocyanates is 1. The Hall–Kier alpha value is -1.68. The fraction of sp³-hybridized carbons (Fsp3) is 0.500. The maximum Gasteiger partial charge on any atom is 0.329 e. The van der Waals surface area contributed by atoms with Gasteiger partial charge in [0, 0.05) is 6.42 Å². The van der Waals surface area contributed by atoms with Crippen molar-refractivity contribution < 1.29 is 24.6 Å². The van der Waals surface area contributed by atoms with E-state index in [9.17, 15) is 14.4 Å². The van der Waals surface area contributed by atoms with Crippen molar-refractivity contribution in [3.05, 3.63) is 0 Å². The van der Waals surface area contributed by atoms with E-state index in [-0.39, 0.29) is 12.8 Å². The van der Waals surface area contributed by atoms with E-state index >= 15 is 0 Å². The van der Waals surface area contributed by atoms with Crippen LogP contribution in [0.4, 0.5) is 0 Å². The first-order valence-electron chi connectivity index (χ1n) is 3.09. The summed E-state index contributed by atoms with van der Waals surface area (Å²) in [7, 11) is 0. The minimum Gasteiger partial charge on any atom is -0.481 e. The van der Waals surface area contributed by atoms with Crippen LogP contribution in [0.25, 0.3) is 0 Å². The highest BCUT2D eigenvalue weighted by Crippen LogP contribution is 2.01. The molecule has 6 heteroatoms. The first-order valence-corrected chi connectivity index (χ1v) is 3.09. The number of hydrogen-bond acceptors (Lipinski definition) is 4. The van der Waals surface area contributed by atoms with Gasteiger partial charge < -0.3 is 10.2 Å². The largest absolute Gasteiger partial charge is 0.481 e. The van der Waals surface area contributed by atoms with Crippen LogP contribution in [-0.2, 0) is 14.4 Å². The number of carbonyl (C=O) groups excluding carboxylic acids is 1. The molecule has 0 amide bonds. The fourth-order valence-electron chi connectivity index (χ4n) is 0.567. The van der Waals surface area contributed by atoms with Crippen LogP contribution in [-0.4, -0.2) is 34.3 Å². The maximum absolute atomic E-state index is 10.2. The molecule has 0 aromatic carbocycles. The molecule has 0 aromatic rings. The summed E-state index contributed by atoms with van der Waals surface area (Å²) in [4.78, 5) is 32.8. The zero-order chi connectivity index (χ0) is 9.56. The van der Waals surface area contributed by atoms with Crippen LogP contribution in [0.5, 0.6) is 0 Å². The topological polar surface area (TPSA) is 104 Å². The van der Waals surface area contributed by atoms with E-state index in [0.717, 1.165) is 6.08 Å². The lowest BCUT2D eigenvalue weighted by Gasteiger charge is -2.00. The lowest BCUT2D eigenvalue weighted by atomic mass is 10.2. The van der Waals surface area contributed by atoms with Crippen LogP contribution < -0.4 is 0 Å². The summed E-state index contributed by atoms with van der Waals surface area (Å²) in [5, 5.41) is 16.5.